The molecule has 0 bridgehead atoms. The molecule has 0 unspecified atom stereocenters. The van der Waals surface area contributed by atoms with E-state index in [2.05, 4.69) is 21.8 Å². The zero-order valence-corrected chi connectivity index (χ0v) is 10.3. The number of hydrogen-bond acceptors (Lipinski definition) is 4. The molecule has 0 atom stereocenters. The number of likely N-dealkylation sites (N-methyl/N-ethyl adjacent to an activating group) is 1. The number of ether oxygens (including phenoxy) is 1. The van der Waals surface area contributed by atoms with E-state index in [-0.39, 0.29) is 11.7 Å². The summed E-state index contributed by atoms with van der Waals surface area (Å²) in [5, 5.41) is 0. The van der Waals surface area contributed by atoms with Crippen molar-refractivity contribution < 1.29 is 9.13 Å². The third-order valence-electron chi connectivity index (χ3n) is 3.06. The van der Waals surface area contributed by atoms with Crippen LogP contribution in [0.5, 0.6) is 5.88 Å². The summed E-state index contributed by atoms with van der Waals surface area (Å²) in [7, 11) is 3.54. The molecule has 1 fully saturated rings. The fraction of sp³-hybridized carbons (Fsp3) is 0.583. The van der Waals surface area contributed by atoms with Gasteiger partial charge >= 0.3 is 0 Å². The van der Waals surface area contributed by atoms with Gasteiger partial charge < -0.3 is 9.64 Å². The van der Waals surface area contributed by atoms with E-state index in [1.54, 1.807) is 6.20 Å². The van der Waals surface area contributed by atoms with Crippen LogP contribution in [0.3, 0.4) is 0 Å². The summed E-state index contributed by atoms with van der Waals surface area (Å²) in [6.07, 6.45) is 1.68. The third kappa shape index (κ3) is 3.14. The normalized spacial score (nSPS) is 18.3. The first-order valence-corrected chi connectivity index (χ1v) is 5.78. The van der Waals surface area contributed by atoms with E-state index in [9.17, 15) is 4.39 Å². The molecule has 4 nitrogen and oxygen atoms in total. The highest BCUT2D eigenvalue weighted by Gasteiger charge is 2.14. The Bertz CT molecular complexity index is 378. The van der Waals surface area contributed by atoms with Crippen LogP contribution in [-0.2, 0) is 6.54 Å². The first-order chi connectivity index (χ1) is 8.19. The van der Waals surface area contributed by atoms with Crippen LogP contribution < -0.4 is 4.74 Å². The van der Waals surface area contributed by atoms with Gasteiger partial charge in [-0.2, -0.15) is 0 Å². The topological polar surface area (TPSA) is 28.6 Å². The van der Waals surface area contributed by atoms with Gasteiger partial charge in [0.05, 0.1) is 7.11 Å². The summed E-state index contributed by atoms with van der Waals surface area (Å²) in [5.74, 6) is -0.328. The van der Waals surface area contributed by atoms with E-state index < -0.39 is 0 Å². The van der Waals surface area contributed by atoms with Gasteiger partial charge in [0.15, 0.2) is 5.82 Å². The predicted octanol–water partition coefficient (Wildman–Crippen LogP) is 0.977. The van der Waals surface area contributed by atoms with Gasteiger partial charge in [-0.05, 0) is 18.7 Å². The highest BCUT2D eigenvalue weighted by atomic mass is 19.1. The van der Waals surface area contributed by atoms with Crippen molar-refractivity contribution in [1.82, 2.24) is 14.8 Å². The maximum Gasteiger partial charge on any atom is 0.250 e. The van der Waals surface area contributed by atoms with Gasteiger partial charge in [-0.15, -0.1) is 0 Å². The Balaban J connectivity index is 1.97. The monoisotopic (exact) mass is 239 g/mol. The summed E-state index contributed by atoms with van der Waals surface area (Å²) in [6.45, 7) is 4.91. The number of aromatic nitrogens is 1. The Morgan fingerprint density at radius 3 is 2.65 bits per heavy atom. The molecule has 0 N–H and O–H groups in total. The SMILES string of the molecule is COc1ncc(CN2CCN(C)CC2)cc1F. The Hall–Kier alpha value is -1.20. The largest absolute Gasteiger partial charge is 0.479 e. The Morgan fingerprint density at radius 1 is 1.35 bits per heavy atom. The minimum Gasteiger partial charge on any atom is -0.479 e. The van der Waals surface area contributed by atoms with Gasteiger partial charge in [0.2, 0.25) is 5.88 Å². The van der Waals surface area contributed by atoms with Crippen molar-refractivity contribution in [2.45, 2.75) is 6.54 Å². The molecule has 0 amide bonds. The van der Waals surface area contributed by atoms with Gasteiger partial charge in [-0.25, -0.2) is 9.37 Å². The van der Waals surface area contributed by atoms with E-state index in [0.29, 0.717) is 0 Å². The molecule has 2 rings (SSSR count). The first kappa shape index (κ1) is 12.3. The molecule has 0 aliphatic carbocycles. The summed E-state index contributed by atoms with van der Waals surface area (Å²) in [5.41, 5.74) is 0.896. The second-order valence-electron chi connectivity index (χ2n) is 4.41. The van der Waals surface area contributed by atoms with Crippen molar-refractivity contribution in [1.29, 1.82) is 0 Å². The second-order valence-corrected chi connectivity index (χ2v) is 4.41. The van der Waals surface area contributed by atoms with Crippen molar-refractivity contribution >= 4 is 0 Å². The highest BCUT2D eigenvalue weighted by molar-refractivity contribution is 5.20. The molecule has 0 radical (unpaired) electrons. The molecular formula is C12H18FN3O. The molecule has 1 aromatic heterocycles. The number of pyridine rings is 1. The molecule has 1 aliphatic rings. The number of halogens is 1. The van der Waals surface area contributed by atoms with Gasteiger partial charge in [0, 0.05) is 38.9 Å². The molecule has 0 spiro atoms. The van der Waals surface area contributed by atoms with E-state index in [0.717, 1.165) is 38.3 Å². The minimum atomic E-state index is -0.390. The van der Waals surface area contributed by atoms with E-state index in [1.165, 1.54) is 13.2 Å². The molecule has 5 heteroatoms. The summed E-state index contributed by atoms with van der Waals surface area (Å²) in [6, 6.07) is 1.50. The fourth-order valence-electron chi connectivity index (χ4n) is 1.97. The maximum absolute atomic E-state index is 13.5. The van der Waals surface area contributed by atoms with Crippen LogP contribution in [0.25, 0.3) is 0 Å². The average Bonchev–Trinajstić information content (AvgIpc) is 2.32. The number of nitrogens with zero attached hydrogens (tertiary/aromatic N) is 3. The molecule has 1 aromatic rings. The van der Waals surface area contributed by atoms with Crippen LogP contribution in [-0.4, -0.2) is 55.1 Å². The molecule has 17 heavy (non-hydrogen) atoms. The maximum atomic E-state index is 13.5. The number of piperazine rings is 1. The van der Waals surface area contributed by atoms with Crippen LogP contribution in [0, 0.1) is 5.82 Å². The lowest BCUT2D eigenvalue weighted by Crippen LogP contribution is -2.43. The quantitative estimate of drug-likeness (QED) is 0.786. The molecule has 1 aliphatic heterocycles. The summed E-state index contributed by atoms with van der Waals surface area (Å²) in [4.78, 5) is 8.55. The zero-order valence-electron chi connectivity index (χ0n) is 10.3. The van der Waals surface area contributed by atoms with Crippen molar-refractivity contribution in [2.75, 3.05) is 40.3 Å². The van der Waals surface area contributed by atoms with Crippen LogP contribution in [0.1, 0.15) is 5.56 Å². The molecule has 0 saturated carbocycles. The zero-order chi connectivity index (χ0) is 12.3. The lowest BCUT2D eigenvalue weighted by molar-refractivity contribution is 0.148. The Morgan fingerprint density at radius 2 is 2.06 bits per heavy atom. The van der Waals surface area contributed by atoms with Crippen molar-refractivity contribution in [3.63, 3.8) is 0 Å². The average molecular weight is 239 g/mol. The molecule has 1 saturated heterocycles. The van der Waals surface area contributed by atoms with Crippen molar-refractivity contribution in [3.8, 4) is 5.88 Å². The second kappa shape index (κ2) is 5.42. The lowest BCUT2D eigenvalue weighted by atomic mass is 10.2. The summed E-state index contributed by atoms with van der Waals surface area (Å²) < 4.78 is 18.3. The van der Waals surface area contributed by atoms with E-state index >= 15 is 0 Å². The standard InChI is InChI=1S/C12H18FN3O/c1-15-3-5-16(6-4-15)9-10-7-11(13)12(17-2)14-8-10/h7-8H,3-6,9H2,1-2H3. The van der Waals surface area contributed by atoms with Gasteiger partial charge in [-0.3, -0.25) is 4.90 Å². The number of hydrogen-bond donors (Lipinski definition) is 0. The Kier molecular flexibility index (Phi) is 3.91. The van der Waals surface area contributed by atoms with E-state index in [4.69, 9.17) is 4.74 Å². The molecular weight excluding hydrogens is 221 g/mol. The smallest absolute Gasteiger partial charge is 0.250 e. The fourth-order valence-corrected chi connectivity index (χ4v) is 1.97. The number of methoxy groups -OCH3 is 1. The molecule has 0 aromatic carbocycles. The molecule has 2 heterocycles. The van der Waals surface area contributed by atoms with E-state index in [1.807, 2.05) is 0 Å². The lowest BCUT2D eigenvalue weighted by Gasteiger charge is -2.32. The minimum absolute atomic E-state index is 0.0622. The predicted molar refractivity (Wildman–Crippen MR) is 63.5 cm³/mol. The van der Waals surface area contributed by atoms with Crippen LogP contribution >= 0.6 is 0 Å². The van der Waals surface area contributed by atoms with Crippen LogP contribution in [0.15, 0.2) is 12.3 Å². The van der Waals surface area contributed by atoms with Gasteiger partial charge in [0.1, 0.15) is 0 Å². The van der Waals surface area contributed by atoms with Crippen molar-refractivity contribution in [2.24, 2.45) is 0 Å². The van der Waals surface area contributed by atoms with Gasteiger partial charge in [-0.1, -0.05) is 0 Å². The molecule has 94 valence electrons. The van der Waals surface area contributed by atoms with Crippen molar-refractivity contribution in [3.05, 3.63) is 23.6 Å². The number of rotatable bonds is 3. The highest BCUT2D eigenvalue weighted by Crippen LogP contribution is 2.15. The summed E-state index contributed by atoms with van der Waals surface area (Å²) >= 11 is 0. The van der Waals surface area contributed by atoms with Crippen LogP contribution in [0.4, 0.5) is 4.39 Å². The third-order valence-corrected chi connectivity index (χ3v) is 3.06. The van der Waals surface area contributed by atoms with Crippen LogP contribution in [0.2, 0.25) is 0 Å². The Labute approximate surface area is 101 Å². The van der Waals surface area contributed by atoms with Gasteiger partial charge in [0.25, 0.3) is 0 Å². The first-order valence-electron chi connectivity index (χ1n) is 5.78.